The van der Waals surface area contributed by atoms with Gasteiger partial charge in [-0.05, 0) is 5.56 Å². The molecule has 0 spiro atoms. The van der Waals surface area contributed by atoms with E-state index in [4.69, 9.17) is 5.11 Å². The molecule has 0 saturated carbocycles. The van der Waals surface area contributed by atoms with Crippen LogP contribution in [0, 0.1) is 15.9 Å². The highest BCUT2D eigenvalue weighted by atomic mass is 19.1. The van der Waals surface area contributed by atoms with Gasteiger partial charge < -0.3 is 10.4 Å². The fraction of sp³-hybridized carbons (Fsp3) is 0.0714. The number of carboxylic acids is 1. The summed E-state index contributed by atoms with van der Waals surface area (Å²) in [6.45, 7) is 0.257. The minimum Gasteiger partial charge on any atom is -0.478 e. The molecule has 0 radical (unpaired) electrons. The second kappa shape index (κ2) is 6.00. The molecule has 0 bridgehead atoms. The molecule has 0 amide bonds. The molecule has 0 aliphatic rings. The Hall–Kier alpha value is -2.96. The predicted octanol–water partition coefficient (Wildman–Crippen LogP) is 3.04. The Morgan fingerprint density at radius 3 is 2.52 bits per heavy atom. The number of hydrogen-bond acceptors (Lipinski definition) is 4. The molecule has 0 fully saturated rings. The number of aromatic carboxylic acids is 1. The number of rotatable bonds is 5. The van der Waals surface area contributed by atoms with Crippen molar-refractivity contribution in [2.45, 2.75) is 6.54 Å². The molecule has 0 aliphatic heterocycles. The fourth-order valence-corrected chi connectivity index (χ4v) is 1.81. The molecule has 0 atom stereocenters. The number of carboxylic acid groups (broad SMARTS) is 1. The SMILES string of the molecule is O=C(O)c1cc([N+](=O)[O-])c(NCc2ccccc2)cc1F. The molecular formula is C14H11FN2O4. The summed E-state index contributed by atoms with van der Waals surface area (Å²) in [5, 5.41) is 22.5. The van der Waals surface area contributed by atoms with Crippen molar-refractivity contribution < 1.29 is 19.2 Å². The van der Waals surface area contributed by atoms with Gasteiger partial charge in [-0.25, -0.2) is 9.18 Å². The lowest BCUT2D eigenvalue weighted by Gasteiger charge is -2.08. The van der Waals surface area contributed by atoms with Gasteiger partial charge in [-0.1, -0.05) is 30.3 Å². The van der Waals surface area contributed by atoms with Crippen LogP contribution in [0.2, 0.25) is 0 Å². The first kappa shape index (κ1) is 14.4. The minimum atomic E-state index is -1.55. The zero-order valence-corrected chi connectivity index (χ0v) is 10.7. The van der Waals surface area contributed by atoms with Gasteiger partial charge in [0.05, 0.1) is 4.92 Å². The van der Waals surface area contributed by atoms with Gasteiger partial charge in [-0.3, -0.25) is 10.1 Å². The number of nitrogens with one attached hydrogen (secondary N) is 1. The molecule has 0 aliphatic carbocycles. The van der Waals surface area contributed by atoms with Crippen LogP contribution in [0.5, 0.6) is 0 Å². The lowest BCUT2D eigenvalue weighted by atomic mass is 10.1. The molecule has 2 N–H and O–H groups in total. The largest absolute Gasteiger partial charge is 0.478 e. The summed E-state index contributed by atoms with van der Waals surface area (Å²) in [5.41, 5.74) is -0.419. The van der Waals surface area contributed by atoms with Gasteiger partial charge in [0.15, 0.2) is 0 Å². The molecule has 0 aromatic heterocycles. The number of nitro benzene ring substituents is 1. The van der Waals surface area contributed by atoms with Crippen molar-refractivity contribution >= 4 is 17.3 Å². The van der Waals surface area contributed by atoms with Crippen molar-refractivity contribution in [1.29, 1.82) is 0 Å². The average molecular weight is 290 g/mol. The molecule has 108 valence electrons. The number of carbonyl (C=O) groups is 1. The van der Waals surface area contributed by atoms with E-state index in [0.717, 1.165) is 11.6 Å². The first-order chi connectivity index (χ1) is 9.99. The molecule has 2 aromatic rings. The van der Waals surface area contributed by atoms with Crippen molar-refractivity contribution in [3.63, 3.8) is 0 Å². The van der Waals surface area contributed by atoms with Crippen LogP contribution in [0.4, 0.5) is 15.8 Å². The Bertz CT molecular complexity index is 689. The highest BCUT2D eigenvalue weighted by Gasteiger charge is 2.21. The Morgan fingerprint density at radius 1 is 1.29 bits per heavy atom. The van der Waals surface area contributed by atoms with Gasteiger partial charge in [0.1, 0.15) is 17.1 Å². The number of anilines is 1. The smallest absolute Gasteiger partial charge is 0.338 e. The van der Waals surface area contributed by atoms with Gasteiger partial charge in [0, 0.05) is 18.7 Å². The van der Waals surface area contributed by atoms with Gasteiger partial charge in [0.25, 0.3) is 5.69 Å². The first-order valence-electron chi connectivity index (χ1n) is 5.98. The molecule has 0 unspecified atom stereocenters. The fourth-order valence-electron chi connectivity index (χ4n) is 1.81. The average Bonchev–Trinajstić information content (AvgIpc) is 2.45. The van der Waals surface area contributed by atoms with Crippen LogP contribution in [0.1, 0.15) is 15.9 Å². The highest BCUT2D eigenvalue weighted by molar-refractivity contribution is 5.90. The number of nitro groups is 1. The summed E-state index contributed by atoms with van der Waals surface area (Å²) < 4.78 is 13.6. The molecule has 2 aromatic carbocycles. The first-order valence-corrected chi connectivity index (χ1v) is 5.98. The standard InChI is InChI=1S/C14H11FN2O4/c15-11-7-12(16-8-9-4-2-1-3-5-9)13(17(20)21)6-10(11)14(18)19/h1-7,16H,8H2,(H,18,19). The van der Waals surface area contributed by atoms with Crippen molar-refractivity contribution in [2.24, 2.45) is 0 Å². The highest BCUT2D eigenvalue weighted by Crippen LogP contribution is 2.28. The van der Waals surface area contributed by atoms with Crippen LogP contribution in [0.15, 0.2) is 42.5 Å². The maximum atomic E-state index is 13.6. The van der Waals surface area contributed by atoms with E-state index in [1.807, 2.05) is 6.07 Å². The van der Waals surface area contributed by atoms with E-state index in [1.165, 1.54) is 0 Å². The normalized spacial score (nSPS) is 10.1. The van der Waals surface area contributed by atoms with Crippen LogP contribution in [-0.4, -0.2) is 16.0 Å². The van der Waals surface area contributed by atoms with Gasteiger partial charge >= 0.3 is 5.97 Å². The van der Waals surface area contributed by atoms with E-state index in [9.17, 15) is 19.3 Å². The van der Waals surface area contributed by atoms with E-state index in [0.29, 0.717) is 6.07 Å². The van der Waals surface area contributed by atoms with Crippen molar-refractivity contribution in [2.75, 3.05) is 5.32 Å². The van der Waals surface area contributed by atoms with Crippen molar-refractivity contribution in [1.82, 2.24) is 0 Å². The summed E-state index contributed by atoms with van der Waals surface area (Å²) in [4.78, 5) is 21.0. The molecule has 6 nitrogen and oxygen atoms in total. The second-order valence-corrected chi connectivity index (χ2v) is 4.25. The zero-order chi connectivity index (χ0) is 15.4. The molecule has 2 rings (SSSR count). The third kappa shape index (κ3) is 3.33. The van der Waals surface area contributed by atoms with Gasteiger partial charge in [-0.15, -0.1) is 0 Å². The predicted molar refractivity (Wildman–Crippen MR) is 73.8 cm³/mol. The Morgan fingerprint density at radius 2 is 1.95 bits per heavy atom. The van der Waals surface area contributed by atoms with Crippen LogP contribution < -0.4 is 5.32 Å². The lowest BCUT2D eigenvalue weighted by molar-refractivity contribution is -0.384. The third-order valence-corrected chi connectivity index (χ3v) is 2.84. The number of halogens is 1. The number of nitrogens with zero attached hydrogens (tertiary/aromatic N) is 1. The Labute approximate surface area is 119 Å². The van der Waals surface area contributed by atoms with E-state index in [1.54, 1.807) is 24.3 Å². The summed E-state index contributed by atoms with van der Waals surface area (Å²) in [7, 11) is 0. The second-order valence-electron chi connectivity index (χ2n) is 4.25. The third-order valence-electron chi connectivity index (χ3n) is 2.84. The summed E-state index contributed by atoms with van der Waals surface area (Å²) >= 11 is 0. The van der Waals surface area contributed by atoms with E-state index >= 15 is 0 Å². The van der Waals surface area contributed by atoms with E-state index < -0.39 is 28.0 Å². The molecular weight excluding hydrogens is 279 g/mol. The van der Waals surface area contributed by atoms with Crippen LogP contribution in [0.25, 0.3) is 0 Å². The van der Waals surface area contributed by atoms with Crippen molar-refractivity contribution in [3.8, 4) is 0 Å². The van der Waals surface area contributed by atoms with Crippen LogP contribution in [0.3, 0.4) is 0 Å². The van der Waals surface area contributed by atoms with Crippen LogP contribution >= 0.6 is 0 Å². The van der Waals surface area contributed by atoms with Crippen molar-refractivity contribution in [3.05, 3.63) is 69.5 Å². The molecule has 21 heavy (non-hydrogen) atoms. The zero-order valence-electron chi connectivity index (χ0n) is 10.7. The molecule has 0 heterocycles. The maximum absolute atomic E-state index is 13.6. The number of benzene rings is 2. The minimum absolute atomic E-state index is 0.0636. The molecule has 7 heteroatoms. The number of hydrogen-bond donors (Lipinski definition) is 2. The Balaban J connectivity index is 2.32. The van der Waals surface area contributed by atoms with Gasteiger partial charge in [-0.2, -0.15) is 0 Å². The van der Waals surface area contributed by atoms with Crippen LogP contribution in [-0.2, 0) is 6.54 Å². The summed E-state index contributed by atoms with van der Waals surface area (Å²) in [5.74, 6) is -2.58. The lowest BCUT2D eigenvalue weighted by Crippen LogP contribution is -2.07. The topological polar surface area (TPSA) is 92.5 Å². The Kier molecular flexibility index (Phi) is 4.13. The van der Waals surface area contributed by atoms with Gasteiger partial charge in [0.2, 0.25) is 0 Å². The van der Waals surface area contributed by atoms with E-state index in [2.05, 4.69) is 5.32 Å². The monoisotopic (exact) mass is 290 g/mol. The summed E-state index contributed by atoms with van der Waals surface area (Å²) in [6, 6.07) is 10.6. The molecule has 0 saturated heterocycles. The maximum Gasteiger partial charge on any atom is 0.338 e. The quantitative estimate of drug-likeness (QED) is 0.652. The van der Waals surface area contributed by atoms with E-state index in [-0.39, 0.29) is 12.2 Å². The summed E-state index contributed by atoms with van der Waals surface area (Å²) in [6.07, 6.45) is 0.